The molecular weight excluding hydrogens is 274 g/mol. The van der Waals surface area contributed by atoms with Crippen LogP contribution in [0, 0.1) is 0 Å². The number of ether oxygens (including phenoxy) is 1. The van der Waals surface area contributed by atoms with E-state index in [0.717, 1.165) is 12.1 Å². The van der Waals surface area contributed by atoms with Gasteiger partial charge in [-0.05, 0) is 51.3 Å². The highest BCUT2D eigenvalue weighted by Gasteiger charge is 2.15. The number of carbonyl (C=O) groups is 1. The van der Waals surface area contributed by atoms with E-state index in [0.29, 0.717) is 0 Å². The summed E-state index contributed by atoms with van der Waals surface area (Å²) in [5, 5.41) is 2.75. The number of carbonyl (C=O) groups excluding carboxylic acids is 1. The van der Waals surface area contributed by atoms with Gasteiger partial charge in [-0.25, -0.2) is 4.79 Å². The van der Waals surface area contributed by atoms with Gasteiger partial charge in [-0.2, -0.15) is 0 Å². The van der Waals surface area contributed by atoms with Gasteiger partial charge in [-0.3, -0.25) is 5.32 Å². The molecule has 0 atom stereocenters. The van der Waals surface area contributed by atoms with Crippen molar-refractivity contribution in [2.45, 2.75) is 78.2 Å². The molecule has 0 unspecified atom stereocenters. The summed E-state index contributed by atoms with van der Waals surface area (Å²) in [5.74, 6) is 0. The summed E-state index contributed by atoms with van der Waals surface area (Å²) in [4.78, 5) is 11.7. The van der Waals surface area contributed by atoms with Gasteiger partial charge in [0, 0.05) is 5.69 Å². The van der Waals surface area contributed by atoms with Crippen molar-refractivity contribution in [2.24, 2.45) is 0 Å². The maximum Gasteiger partial charge on any atom is 0.412 e. The number of nitrogens with one attached hydrogen (secondary N) is 1. The van der Waals surface area contributed by atoms with Crippen LogP contribution in [0.15, 0.2) is 24.3 Å². The van der Waals surface area contributed by atoms with Crippen LogP contribution in [0.3, 0.4) is 0 Å². The van der Waals surface area contributed by atoms with Crippen molar-refractivity contribution in [3.05, 3.63) is 29.8 Å². The van der Waals surface area contributed by atoms with Gasteiger partial charge in [-0.1, -0.05) is 51.2 Å². The predicted molar refractivity (Wildman–Crippen MR) is 93.4 cm³/mol. The zero-order chi connectivity index (χ0) is 16.4. The highest BCUT2D eigenvalue weighted by atomic mass is 16.6. The maximum atomic E-state index is 11.7. The lowest BCUT2D eigenvalue weighted by molar-refractivity contribution is 0.0636. The van der Waals surface area contributed by atoms with Gasteiger partial charge in [0.25, 0.3) is 0 Å². The highest BCUT2D eigenvalue weighted by Crippen LogP contribution is 2.15. The Kier molecular flexibility index (Phi) is 8.00. The molecule has 0 saturated carbocycles. The van der Waals surface area contributed by atoms with Crippen molar-refractivity contribution >= 4 is 11.8 Å². The largest absolute Gasteiger partial charge is 0.444 e. The van der Waals surface area contributed by atoms with E-state index < -0.39 is 11.7 Å². The Morgan fingerprint density at radius 3 is 2.18 bits per heavy atom. The Labute approximate surface area is 135 Å². The minimum Gasteiger partial charge on any atom is -0.444 e. The van der Waals surface area contributed by atoms with Gasteiger partial charge in [0.15, 0.2) is 0 Å². The summed E-state index contributed by atoms with van der Waals surface area (Å²) >= 11 is 0. The van der Waals surface area contributed by atoms with Crippen molar-refractivity contribution in [1.82, 2.24) is 0 Å². The molecule has 1 amide bonds. The third kappa shape index (κ3) is 8.71. The molecule has 0 saturated heterocycles. The molecule has 0 aliphatic heterocycles. The summed E-state index contributed by atoms with van der Waals surface area (Å²) in [5.41, 5.74) is 1.63. The number of hydrogen-bond donors (Lipinski definition) is 1. The Morgan fingerprint density at radius 1 is 1.00 bits per heavy atom. The molecule has 0 fully saturated rings. The van der Waals surface area contributed by atoms with Crippen LogP contribution in [0.2, 0.25) is 0 Å². The van der Waals surface area contributed by atoms with Crippen LogP contribution in [-0.2, 0) is 11.2 Å². The number of hydrogen-bond acceptors (Lipinski definition) is 2. The Morgan fingerprint density at radius 2 is 1.59 bits per heavy atom. The Balaban J connectivity index is 2.29. The first-order chi connectivity index (χ1) is 10.4. The normalized spacial score (nSPS) is 11.3. The van der Waals surface area contributed by atoms with E-state index in [1.54, 1.807) is 0 Å². The fraction of sp³-hybridized carbons (Fsp3) is 0.632. The van der Waals surface area contributed by atoms with Gasteiger partial charge in [0.05, 0.1) is 0 Å². The molecule has 0 aliphatic carbocycles. The minimum absolute atomic E-state index is 0.406. The van der Waals surface area contributed by atoms with Crippen LogP contribution in [-0.4, -0.2) is 11.7 Å². The summed E-state index contributed by atoms with van der Waals surface area (Å²) in [6.45, 7) is 7.81. The monoisotopic (exact) mass is 305 g/mol. The number of amides is 1. The fourth-order valence-electron chi connectivity index (χ4n) is 2.29. The average molecular weight is 305 g/mol. The van der Waals surface area contributed by atoms with Crippen molar-refractivity contribution in [1.29, 1.82) is 0 Å². The van der Waals surface area contributed by atoms with Crippen LogP contribution in [0.4, 0.5) is 10.5 Å². The minimum atomic E-state index is -0.470. The standard InChI is InChI=1S/C19H31NO2/c1-5-6-7-8-9-10-11-16-12-14-17(15-13-16)20-18(21)22-19(2,3)4/h12-15H,5-11H2,1-4H3,(H,20,21). The van der Waals surface area contributed by atoms with E-state index in [1.807, 2.05) is 32.9 Å². The van der Waals surface area contributed by atoms with Gasteiger partial charge in [-0.15, -0.1) is 0 Å². The molecule has 0 bridgehead atoms. The molecular formula is C19H31NO2. The second kappa shape index (κ2) is 9.50. The Bertz CT molecular complexity index is 432. The average Bonchev–Trinajstić information content (AvgIpc) is 2.42. The van der Waals surface area contributed by atoms with E-state index in [-0.39, 0.29) is 0 Å². The number of benzene rings is 1. The van der Waals surface area contributed by atoms with E-state index in [2.05, 4.69) is 24.4 Å². The van der Waals surface area contributed by atoms with E-state index in [9.17, 15) is 4.79 Å². The summed E-state index contributed by atoms with van der Waals surface area (Å²) in [7, 11) is 0. The molecule has 22 heavy (non-hydrogen) atoms. The highest BCUT2D eigenvalue weighted by molar-refractivity contribution is 5.84. The van der Waals surface area contributed by atoms with Crippen LogP contribution in [0.1, 0.15) is 71.8 Å². The second-order valence-electron chi connectivity index (χ2n) is 6.84. The van der Waals surface area contributed by atoms with Crippen LogP contribution >= 0.6 is 0 Å². The molecule has 0 aliphatic rings. The molecule has 0 aromatic heterocycles. The maximum absolute atomic E-state index is 11.7. The molecule has 0 heterocycles. The van der Waals surface area contributed by atoms with Gasteiger partial charge >= 0.3 is 6.09 Å². The second-order valence-corrected chi connectivity index (χ2v) is 6.84. The number of rotatable bonds is 8. The van der Waals surface area contributed by atoms with Gasteiger partial charge in [0.1, 0.15) is 5.60 Å². The first kappa shape index (κ1) is 18.5. The van der Waals surface area contributed by atoms with Crippen molar-refractivity contribution in [3.63, 3.8) is 0 Å². The molecule has 1 rings (SSSR count). The first-order valence-electron chi connectivity index (χ1n) is 8.49. The molecule has 1 aromatic carbocycles. The lowest BCUT2D eigenvalue weighted by Gasteiger charge is -2.19. The molecule has 1 aromatic rings. The fourth-order valence-corrected chi connectivity index (χ4v) is 2.29. The van der Waals surface area contributed by atoms with Crippen LogP contribution in [0.25, 0.3) is 0 Å². The Hall–Kier alpha value is -1.51. The molecule has 124 valence electrons. The van der Waals surface area contributed by atoms with Gasteiger partial charge < -0.3 is 4.74 Å². The zero-order valence-corrected chi connectivity index (χ0v) is 14.6. The quantitative estimate of drug-likeness (QED) is 0.604. The number of aryl methyl sites for hydroxylation is 1. The summed E-state index contributed by atoms with van der Waals surface area (Å²) in [6.07, 6.45) is 8.59. The van der Waals surface area contributed by atoms with Crippen molar-refractivity contribution < 1.29 is 9.53 Å². The molecule has 0 radical (unpaired) electrons. The topological polar surface area (TPSA) is 38.3 Å². The molecule has 3 nitrogen and oxygen atoms in total. The van der Waals surface area contributed by atoms with Gasteiger partial charge in [0.2, 0.25) is 0 Å². The zero-order valence-electron chi connectivity index (χ0n) is 14.6. The number of unbranched alkanes of at least 4 members (excludes halogenated alkanes) is 5. The van der Waals surface area contributed by atoms with Crippen LogP contribution in [0.5, 0.6) is 0 Å². The smallest absolute Gasteiger partial charge is 0.412 e. The van der Waals surface area contributed by atoms with E-state index >= 15 is 0 Å². The third-order valence-electron chi connectivity index (χ3n) is 3.42. The van der Waals surface area contributed by atoms with E-state index in [4.69, 9.17) is 4.74 Å². The van der Waals surface area contributed by atoms with Crippen molar-refractivity contribution in [2.75, 3.05) is 5.32 Å². The molecule has 1 N–H and O–H groups in total. The van der Waals surface area contributed by atoms with E-state index in [1.165, 1.54) is 44.1 Å². The molecule has 0 spiro atoms. The lowest BCUT2D eigenvalue weighted by atomic mass is 10.0. The first-order valence-corrected chi connectivity index (χ1v) is 8.49. The summed E-state index contributed by atoms with van der Waals surface area (Å²) in [6, 6.07) is 8.05. The third-order valence-corrected chi connectivity index (χ3v) is 3.42. The summed E-state index contributed by atoms with van der Waals surface area (Å²) < 4.78 is 5.23. The molecule has 3 heteroatoms. The SMILES string of the molecule is CCCCCCCCc1ccc(NC(=O)OC(C)(C)C)cc1. The predicted octanol–water partition coefficient (Wildman–Crippen LogP) is 5.94. The lowest BCUT2D eigenvalue weighted by Crippen LogP contribution is -2.27. The van der Waals surface area contributed by atoms with Crippen molar-refractivity contribution in [3.8, 4) is 0 Å². The van der Waals surface area contributed by atoms with Crippen LogP contribution < -0.4 is 5.32 Å². The number of anilines is 1.